The SMILES string of the molecule is C=C\C=C/C(=C/C(=C\C)CC)C(=C)C. The Balaban J connectivity index is 4.90. The second-order valence-corrected chi connectivity index (χ2v) is 3.19. The quantitative estimate of drug-likeness (QED) is 0.554. The molecule has 14 heavy (non-hydrogen) atoms. The van der Waals surface area contributed by atoms with Gasteiger partial charge in [0.25, 0.3) is 0 Å². The van der Waals surface area contributed by atoms with Gasteiger partial charge in [-0.2, -0.15) is 0 Å². The molecule has 0 radical (unpaired) electrons. The minimum atomic E-state index is 1.05. The van der Waals surface area contributed by atoms with Gasteiger partial charge in [-0.25, -0.2) is 0 Å². The summed E-state index contributed by atoms with van der Waals surface area (Å²) >= 11 is 0. The van der Waals surface area contributed by atoms with E-state index in [0.717, 1.165) is 12.0 Å². The minimum Gasteiger partial charge on any atom is -0.0991 e. The van der Waals surface area contributed by atoms with Gasteiger partial charge in [-0.15, -0.1) is 0 Å². The lowest BCUT2D eigenvalue weighted by Crippen LogP contribution is -1.82. The van der Waals surface area contributed by atoms with E-state index in [1.165, 1.54) is 11.1 Å². The number of rotatable bonds is 5. The molecule has 0 aliphatic carbocycles. The van der Waals surface area contributed by atoms with Crippen LogP contribution < -0.4 is 0 Å². The molecule has 0 heterocycles. The van der Waals surface area contributed by atoms with Crippen LogP contribution in [0, 0.1) is 0 Å². The van der Waals surface area contributed by atoms with Crippen LogP contribution in [0.15, 0.2) is 60.3 Å². The van der Waals surface area contributed by atoms with Crippen LogP contribution in [-0.2, 0) is 0 Å². The second kappa shape index (κ2) is 7.14. The van der Waals surface area contributed by atoms with E-state index in [4.69, 9.17) is 0 Å². The highest BCUT2D eigenvalue weighted by Crippen LogP contribution is 2.14. The lowest BCUT2D eigenvalue weighted by Gasteiger charge is -2.02. The Morgan fingerprint density at radius 3 is 2.36 bits per heavy atom. The molecule has 0 aromatic rings. The molecule has 0 aromatic heterocycles. The van der Waals surface area contributed by atoms with Crippen LogP contribution in [0.1, 0.15) is 27.2 Å². The molecular formula is C14H20. The smallest absolute Gasteiger partial charge is 0.0231 e. The Morgan fingerprint density at radius 2 is 2.00 bits per heavy atom. The molecule has 0 aromatic carbocycles. The van der Waals surface area contributed by atoms with Gasteiger partial charge in [-0.1, -0.05) is 61.6 Å². The van der Waals surface area contributed by atoms with Gasteiger partial charge in [0.2, 0.25) is 0 Å². The van der Waals surface area contributed by atoms with Gasteiger partial charge in [0.1, 0.15) is 0 Å². The minimum absolute atomic E-state index is 1.05. The van der Waals surface area contributed by atoms with Gasteiger partial charge in [-0.3, -0.25) is 0 Å². The zero-order valence-electron chi connectivity index (χ0n) is 9.51. The van der Waals surface area contributed by atoms with Crippen molar-refractivity contribution in [3.05, 3.63) is 60.3 Å². The van der Waals surface area contributed by atoms with E-state index in [1.54, 1.807) is 6.08 Å². The first kappa shape index (κ1) is 12.7. The molecule has 0 saturated carbocycles. The molecule has 0 fully saturated rings. The maximum atomic E-state index is 3.95. The Morgan fingerprint density at radius 1 is 1.36 bits per heavy atom. The Labute approximate surface area is 88.0 Å². The van der Waals surface area contributed by atoms with Gasteiger partial charge in [0.15, 0.2) is 0 Å². The van der Waals surface area contributed by atoms with Gasteiger partial charge in [-0.05, 0) is 25.8 Å². The van der Waals surface area contributed by atoms with Gasteiger partial charge < -0.3 is 0 Å². The van der Waals surface area contributed by atoms with Crippen molar-refractivity contribution in [2.24, 2.45) is 0 Å². The van der Waals surface area contributed by atoms with Crippen LogP contribution in [-0.4, -0.2) is 0 Å². The highest BCUT2D eigenvalue weighted by molar-refractivity contribution is 5.42. The summed E-state index contributed by atoms with van der Waals surface area (Å²) in [6.07, 6.45) is 11.1. The average molecular weight is 188 g/mol. The molecule has 0 bridgehead atoms. The van der Waals surface area contributed by atoms with Gasteiger partial charge in [0, 0.05) is 0 Å². The van der Waals surface area contributed by atoms with Crippen molar-refractivity contribution in [2.75, 3.05) is 0 Å². The third-order valence-corrected chi connectivity index (χ3v) is 2.02. The first-order valence-corrected chi connectivity index (χ1v) is 4.97. The maximum Gasteiger partial charge on any atom is -0.0231 e. The highest BCUT2D eigenvalue weighted by Gasteiger charge is 1.94. The fraction of sp³-hybridized carbons (Fsp3) is 0.286. The van der Waals surface area contributed by atoms with Crippen LogP contribution in [0.3, 0.4) is 0 Å². The lowest BCUT2D eigenvalue weighted by molar-refractivity contribution is 1.13. The molecule has 0 N–H and O–H groups in total. The normalized spacial score (nSPS) is 13.4. The summed E-state index contributed by atoms with van der Waals surface area (Å²) in [5.41, 5.74) is 3.58. The zero-order valence-corrected chi connectivity index (χ0v) is 9.51. The molecule has 0 nitrogen and oxygen atoms in total. The monoisotopic (exact) mass is 188 g/mol. The van der Waals surface area contributed by atoms with E-state index in [-0.39, 0.29) is 0 Å². The predicted molar refractivity (Wildman–Crippen MR) is 66.3 cm³/mol. The number of hydrogen-bond acceptors (Lipinski definition) is 0. The van der Waals surface area contributed by atoms with Crippen molar-refractivity contribution in [3.8, 4) is 0 Å². The first-order chi connectivity index (χ1) is 6.65. The van der Waals surface area contributed by atoms with E-state index < -0.39 is 0 Å². The third kappa shape index (κ3) is 4.66. The van der Waals surface area contributed by atoms with E-state index in [0.29, 0.717) is 0 Å². The van der Waals surface area contributed by atoms with Crippen LogP contribution >= 0.6 is 0 Å². The Bertz CT molecular complexity index is 285. The van der Waals surface area contributed by atoms with Crippen molar-refractivity contribution in [2.45, 2.75) is 27.2 Å². The lowest BCUT2D eigenvalue weighted by atomic mass is 10.0. The molecule has 0 atom stereocenters. The summed E-state index contributed by atoms with van der Waals surface area (Å²) < 4.78 is 0. The van der Waals surface area contributed by atoms with E-state index >= 15 is 0 Å². The molecule has 0 aliphatic heterocycles. The Kier molecular flexibility index (Phi) is 6.47. The molecule has 0 spiro atoms. The van der Waals surface area contributed by atoms with Gasteiger partial charge >= 0.3 is 0 Å². The van der Waals surface area contributed by atoms with E-state index in [2.05, 4.69) is 39.2 Å². The van der Waals surface area contributed by atoms with Crippen molar-refractivity contribution >= 4 is 0 Å². The predicted octanol–water partition coefficient (Wildman–Crippen LogP) is 4.59. The number of hydrogen-bond donors (Lipinski definition) is 0. The van der Waals surface area contributed by atoms with E-state index in [1.807, 2.05) is 19.1 Å². The first-order valence-electron chi connectivity index (χ1n) is 4.97. The average Bonchev–Trinajstić information content (AvgIpc) is 2.18. The largest absolute Gasteiger partial charge is 0.0991 e. The summed E-state index contributed by atoms with van der Waals surface area (Å²) in [6, 6.07) is 0. The zero-order chi connectivity index (χ0) is 11.0. The fourth-order valence-corrected chi connectivity index (χ4v) is 1.07. The molecule has 0 rings (SSSR count). The summed E-state index contributed by atoms with van der Waals surface area (Å²) in [5.74, 6) is 0. The van der Waals surface area contributed by atoms with Crippen molar-refractivity contribution in [1.29, 1.82) is 0 Å². The molecule has 0 unspecified atom stereocenters. The highest BCUT2D eigenvalue weighted by atomic mass is 14.0. The van der Waals surface area contributed by atoms with Crippen LogP contribution in [0.5, 0.6) is 0 Å². The third-order valence-electron chi connectivity index (χ3n) is 2.02. The maximum absolute atomic E-state index is 3.95. The molecule has 0 aliphatic rings. The number of allylic oxidation sites excluding steroid dienone is 8. The summed E-state index contributed by atoms with van der Waals surface area (Å²) in [7, 11) is 0. The topological polar surface area (TPSA) is 0 Å². The van der Waals surface area contributed by atoms with Crippen molar-refractivity contribution < 1.29 is 0 Å². The molecule has 0 amide bonds. The van der Waals surface area contributed by atoms with Crippen molar-refractivity contribution in [3.63, 3.8) is 0 Å². The second-order valence-electron chi connectivity index (χ2n) is 3.19. The standard InChI is InChI=1S/C14H20/c1-6-9-10-14(12(4)5)11-13(7-2)8-3/h6-7,9-11H,1,4,8H2,2-3,5H3/b10-9-,13-7-,14-11-. The summed E-state index contributed by atoms with van der Waals surface area (Å²) in [6.45, 7) is 13.8. The fourth-order valence-electron chi connectivity index (χ4n) is 1.07. The van der Waals surface area contributed by atoms with Crippen LogP contribution in [0.4, 0.5) is 0 Å². The van der Waals surface area contributed by atoms with Crippen molar-refractivity contribution in [1.82, 2.24) is 0 Å². The van der Waals surface area contributed by atoms with Gasteiger partial charge in [0.05, 0.1) is 0 Å². The van der Waals surface area contributed by atoms with E-state index in [9.17, 15) is 0 Å². The van der Waals surface area contributed by atoms with Crippen LogP contribution in [0.2, 0.25) is 0 Å². The summed E-state index contributed by atoms with van der Waals surface area (Å²) in [5, 5.41) is 0. The molecule has 76 valence electrons. The molecule has 0 saturated heterocycles. The molecular weight excluding hydrogens is 168 g/mol. The molecule has 0 heteroatoms. The Hall–Kier alpha value is -1.30. The summed E-state index contributed by atoms with van der Waals surface area (Å²) in [4.78, 5) is 0. The van der Waals surface area contributed by atoms with Crippen LogP contribution in [0.25, 0.3) is 0 Å².